The maximum Gasteiger partial charge on any atom is 0.329 e. The minimum atomic E-state index is -1.11. The van der Waals surface area contributed by atoms with Gasteiger partial charge in [0.15, 0.2) is 0 Å². The monoisotopic (exact) mass is 573 g/mol. The van der Waals surface area contributed by atoms with Gasteiger partial charge in [-0.3, -0.25) is 0 Å². The van der Waals surface area contributed by atoms with Crippen molar-refractivity contribution in [1.82, 2.24) is 0 Å². The third-order valence-electron chi connectivity index (χ3n) is 5.66. The Kier molecular flexibility index (Phi) is 12.1. The highest BCUT2D eigenvalue weighted by molar-refractivity contribution is 7.99. The van der Waals surface area contributed by atoms with Crippen LogP contribution in [0, 0.1) is 0 Å². The average molecular weight is 574 g/mol. The van der Waals surface area contributed by atoms with E-state index in [1.807, 2.05) is 72.8 Å². The number of carboxylic acid groups (broad SMARTS) is 2. The first kappa shape index (κ1) is 30.5. The maximum atomic E-state index is 10.8. The van der Waals surface area contributed by atoms with E-state index < -0.39 is 30.7 Å². The molecule has 8 nitrogen and oxygen atoms in total. The third-order valence-corrected chi connectivity index (χ3v) is 7.00. The zero-order valence-electron chi connectivity index (χ0n) is 21.4. The van der Waals surface area contributed by atoms with Crippen LogP contribution in [0.4, 0.5) is 0 Å². The second-order valence-corrected chi connectivity index (χ2v) is 10.6. The normalized spacial score (nSPS) is 11.3. The van der Waals surface area contributed by atoms with Crippen molar-refractivity contribution in [3.05, 3.63) is 88.9 Å². The molecule has 39 heavy (non-hydrogen) atoms. The highest BCUT2D eigenvalue weighted by Crippen LogP contribution is 2.33. The lowest BCUT2D eigenvalue weighted by molar-refractivity contribution is -0.144. The van der Waals surface area contributed by atoms with Gasteiger partial charge in [-0.1, -0.05) is 65.8 Å². The van der Waals surface area contributed by atoms with Crippen LogP contribution < -0.4 is 10.5 Å². The number of halogens is 1. The summed E-state index contributed by atoms with van der Waals surface area (Å²) in [5, 5.41) is 18.3. The predicted octanol–water partition coefficient (Wildman–Crippen LogP) is 5.29. The van der Waals surface area contributed by atoms with E-state index >= 15 is 0 Å². The van der Waals surface area contributed by atoms with Gasteiger partial charge >= 0.3 is 11.9 Å². The Hall–Kier alpha value is -3.08. The van der Waals surface area contributed by atoms with Crippen molar-refractivity contribution < 1.29 is 34.0 Å². The minimum absolute atomic E-state index is 0.0731. The number of carbonyl (C=O) groups is 2. The Balaban J connectivity index is 1.54. The van der Waals surface area contributed by atoms with Crippen molar-refractivity contribution in [3.63, 3.8) is 0 Å². The average Bonchev–Trinajstić information content (AvgIpc) is 2.89. The molecular formula is C29H32ClNO7S. The summed E-state index contributed by atoms with van der Waals surface area (Å²) in [6.07, 6.45) is 1.68. The molecule has 0 saturated heterocycles. The highest BCUT2D eigenvalue weighted by atomic mass is 35.5. The second-order valence-electron chi connectivity index (χ2n) is 9.09. The fourth-order valence-electron chi connectivity index (χ4n) is 3.80. The number of aryl methyl sites for hydroxylation is 1. The first-order chi connectivity index (χ1) is 18.7. The van der Waals surface area contributed by atoms with Gasteiger partial charge in [0.1, 0.15) is 25.6 Å². The van der Waals surface area contributed by atoms with Gasteiger partial charge in [-0.05, 0) is 60.7 Å². The van der Waals surface area contributed by atoms with Gasteiger partial charge in [0, 0.05) is 14.8 Å². The zero-order chi connectivity index (χ0) is 28.1. The van der Waals surface area contributed by atoms with Crippen LogP contribution in [0.25, 0.3) is 0 Å². The Labute approximate surface area is 237 Å². The van der Waals surface area contributed by atoms with Gasteiger partial charge in [-0.2, -0.15) is 0 Å². The first-order valence-corrected chi connectivity index (χ1v) is 13.5. The SMILES string of the molecule is NC(CCCc1ccc(Sc2cccc(OCc3ccccc3)c2)cc1Cl)(COCC(=O)O)COCC(=O)O. The van der Waals surface area contributed by atoms with Crippen molar-refractivity contribution >= 4 is 35.3 Å². The summed E-state index contributed by atoms with van der Waals surface area (Å²) in [5.74, 6) is -1.43. The third kappa shape index (κ3) is 11.3. The second kappa shape index (κ2) is 15.5. The first-order valence-electron chi connectivity index (χ1n) is 12.3. The van der Waals surface area contributed by atoms with Gasteiger partial charge in [-0.15, -0.1) is 0 Å². The fourth-order valence-corrected chi connectivity index (χ4v) is 5.05. The molecule has 0 aliphatic heterocycles. The van der Waals surface area contributed by atoms with Crippen molar-refractivity contribution in [3.8, 4) is 5.75 Å². The Bertz CT molecular complexity index is 1210. The van der Waals surface area contributed by atoms with Crippen molar-refractivity contribution in [2.75, 3.05) is 26.4 Å². The molecule has 0 aliphatic carbocycles. The summed E-state index contributed by atoms with van der Waals surface area (Å²) in [5.41, 5.74) is 7.39. The van der Waals surface area contributed by atoms with Gasteiger partial charge in [0.25, 0.3) is 0 Å². The molecule has 3 aromatic carbocycles. The number of aliphatic carboxylic acids is 2. The molecule has 0 aliphatic rings. The largest absolute Gasteiger partial charge is 0.489 e. The molecule has 0 amide bonds. The summed E-state index contributed by atoms with van der Waals surface area (Å²) in [7, 11) is 0. The molecule has 0 saturated carbocycles. The molecule has 0 unspecified atom stereocenters. The molecule has 0 bridgehead atoms. The van der Waals surface area contributed by atoms with Gasteiger partial charge in [0.2, 0.25) is 0 Å². The van der Waals surface area contributed by atoms with Gasteiger partial charge in [0.05, 0.1) is 18.8 Å². The van der Waals surface area contributed by atoms with E-state index in [0.29, 0.717) is 30.9 Å². The maximum absolute atomic E-state index is 10.8. The molecule has 3 aromatic rings. The standard InChI is InChI=1S/C29H32ClNO7S/c30-26-15-25(39-24-10-4-9-23(14-24)38-16-21-6-2-1-3-7-21)12-11-22(26)8-5-13-29(31,19-36-17-27(32)33)20-37-18-28(34)35/h1-4,6-7,9-12,14-15H,5,8,13,16-20,31H2,(H,32,33)(H,34,35). The van der Waals surface area contributed by atoms with E-state index in [9.17, 15) is 9.59 Å². The summed E-state index contributed by atoms with van der Waals surface area (Å²) < 4.78 is 16.3. The molecule has 0 fully saturated rings. The molecule has 0 spiro atoms. The number of hydrogen-bond donors (Lipinski definition) is 3. The van der Waals surface area contributed by atoms with E-state index in [1.54, 1.807) is 11.8 Å². The van der Waals surface area contributed by atoms with E-state index in [1.165, 1.54) is 0 Å². The molecule has 208 valence electrons. The quantitative estimate of drug-likeness (QED) is 0.197. The van der Waals surface area contributed by atoms with Crippen LogP contribution in [0.2, 0.25) is 5.02 Å². The molecule has 0 radical (unpaired) electrons. The van der Waals surface area contributed by atoms with Gasteiger partial charge < -0.3 is 30.2 Å². The molecule has 3 rings (SSSR count). The van der Waals surface area contributed by atoms with Crippen molar-refractivity contribution in [2.24, 2.45) is 5.73 Å². The van der Waals surface area contributed by atoms with Crippen LogP contribution in [0.15, 0.2) is 82.6 Å². The number of rotatable bonds is 17. The Morgan fingerprint density at radius 2 is 1.54 bits per heavy atom. The molecule has 0 atom stereocenters. The lowest BCUT2D eigenvalue weighted by Crippen LogP contribution is -2.49. The molecule has 0 aromatic heterocycles. The summed E-state index contributed by atoms with van der Waals surface area (Å²) in [6.45, 7) is -0.639. The topological polar surface area (TPSA) is 128 Å². The van der Waals surface area contributed by atoms with Crippen molar-refractivity contribution in [2.45, 2.75) is 41.2 Å². The number of ether oxygens (including phenoxy) is 3. The lowest BCUT2D eigenvalue weighted by atomic mass is 9.94. The van der Waals surface area contributed by atoms with Crippen molar-refractivity contribution in [1.29, 1.82) is 0 Å². The lowest BCUT2D eigenvalue weighted by Gasteiger charge is -2.28. The number of carboxylic acids is 2. The molecule has 4 N–H and O–H groups in total. The minimum Gasteiger partial charge on any atom is -0.489 e. The van der Waals surface area contributed by atoms with Crippen LogP contribution in [0.5, 0.6) is 5.75 Å². The summed E-state index contributed by atoms with van der Waals surface area (Å²) >= 11 is 8.17. The van der Waals surface area contributed by atoms with Crippen LogP contribution in [-0.2, 0) is 32.1 Å². The highest BCUT2D eigenvalue weighted by Gasteiger charge is 2.26. The zero-order valence-corrected chi connectivity index (χ0v) is 23.0. The Morgan fingerprint density at radius 3 is 2.18 bits per heavy atom. The smallest absolute Gasteiger partial charge is 0.329 e. The Morgan fingerprint density at radius 1 is 0.872 bits per heavy atom. The van der Waals surface area contributed by atoms with E-state index in [-0.39, 0.29) is 13.2 Å². The number of nitrogens with two attached hydrogens (primary N) is 1. The molecule has 0 heterocycles. The van der Waals surface area contributed by atoms with Crippen LogP contribution >= 0.6 is 23.4 Å². The fraction of sp³-hybridized carbons (Fsp3) is 0.310. The van der Waals surface area contributed by atoms with Crippen LogP contribution in [-0.4, -0.2) is 54.1 Å². The van der Waals surface area contributed by atoms with Crippen LogP contribution in [0.1, 0.15) is 24.0 Å². The van der Waals surface area contributed by atoms with Gasteiger partial charge in [-0.25, -0.2) is 9.59 Å². The summed E-state index contributed by atoms with van der Waals surface area (Å²) in [6, 6.07) is 23.8. The number of benzene rings is 3. The van der Waals surface area contributed by atoms with E-state index in [4.69, 9.17) is 41.8 Å². The summed E-state index contributed by atoms with van der Waals surface area (Å²) in [4.78, 5) is 23.6. The van der Waals surface area contributed by atoms with E-state index in [2.05, 4.69) is 0 Å². The van der Waals surface area contributed by atoms with Crippen LogP contribution in [0.3, 0.4) is 0 Å². The predicted molar refractivity (Wildman–Crippen MR) is 150 cm³/mol. The molecular weight excluding hydrogens is 542 g/mol. The molecule has 10 heteroatoms. The number of hydrogen-bond acceptors (Lipinski definition) is 7. The van der Waals surface area contributed by atoms with E-state index in [0.717, 1.165) is 26.7 Å².